The minimum Gasteiger partial charge on any atom is -0.289 e. The van der Waals surface area contributed by atoms with Gasteiger partial charge in [-0.05, 0) is 24.3 Å². The van der Waals surface area contributed by atoms with E-state index in [1.165, 1.54) is 0 Å². The average Bonchev–Trinajstić information content (AvgIpc) is 2.44. The van der Waals surface area contributed by atoms with Crippen molar-refractivity contribution in [2.24, 2.45) is 0 Å². The van der Waals surface area contributed by atoms with E-state index in [1.54, 1.807) is 11.3 Å². The lowest BCUT2D eigenvalue weighted by Gasteiger charge is -1.99. The van der Waals surface area contributed by atoms with Gasteiger partial charge in [-0.1, -0.05) is 24.3 Å². The van der Waals surface area contributed by atoms with Crippen molar-refractivity contribution in [3.63, 3.8) is 0 Å². The Morgan fingerprint density at radius 1 is 0.750 bits per heavy atom. The van der Waals surface area contributed by atoms with Crippen molar-refractivity contribution in [2.75, 3.05) is 0 Å². The first-order valence-electron chi connectivity index (χ1n) is 6.13. The van der Waals surface area contributed by atoms with E-state index in [4.69, 9.17) is 9.11 Å². The summed E-state index contributed by atoms with van der Waals surface area (Å²) in [6.07, 6.45) is 0. The summed E-state index contributed by atoms with van der Waals surface area (Å²) >= 11 is 1.67. The maximum absolute atomic E-state index is 12.1. The topological polar surface area (TPSA) is 135 Å². The molecule has 0 unspecified atom stereocenters. The Labute approximate surface area is 140 Å². The molecule has 0 atom stereocenters. The Kier molecular flexibility index (Phi) is 5.32. The highest BCUT2D eigenvalue weighted by Gasteiger charge is 2.15. The van der Waals surface area contributed by atoms with Gasteiger partial charge >= 0.3 is 20.8 Å². The molecule has 24 heavy (non-hydrogen) atoms. The predicted octanol–water partition coefficient (Wildman–Crippen LogP) is 2.02. The van der Waals surface area contributed by atoms with Crippen molar-refractivity contribution < 1.29 is 29.6 Å². The summed E-state index contributed by atoms with van der Waals surface area (Å²) in [4.78, 5) is 12.1. The van der Waals surface area contributed by atoms with Crippen molar-refractivity contribution in [3.8, 4) is 0 Å². The average molecular weight is 390 g/mol. The lowest BCUT2D eigenvalue weighted by molar-refractivity contribution is 0.344. The molecule has 0 aliphatic heterocycles. The van der Waals surface area contributed by atoms with Gasteiger partial charge in [-0.25, -0.2) is 0 Å². The third-order valence-electron chi connectivity index (χ3n) is 2.66. The summed E-state index contributed by atoms with van der Waals surface area (Å²) < 4.78 is 57.7. The van der Waals surface area contributed by atoms with Crippen LogP contribution in [0.4, 0.5) is 0 Å². The van der Waals surface area contributed by atoms with Crippen molar-refractivity contribution >= 4 is 52.3 Å². The summed E-state index contributed by atoms with van der Waals surface area (Å²) in [5.41, 5.74) is 0.139. The molecule has 0 bridgehead atoms. The molecule has 128 valence electrons. The predicted molar refractivity (Wildman–Crippen MR) is 89.8 cm³/mol. The van der Waals surface area contributed by atoms with Gasteiger partial charge in [-0.3, -0.25) is 13.9 Å². The van der Waals surface area contributed by atoms with Crippen LogP contribution in [0.5, 0.6) is 0 Å². The van der Waals surface area contributed by atoms with E-state index in [-0.39, 0.29) is 5.43 Å². The Morgan fingerprint density at radius 3 is 1.46 bits per heavy atom. The summed E-state index contributed by atoms with van der Waals surface area (Å²) in [6.45, 7) is 0. The van der Waals surface area contributed by atoms with Crippen LogP contribution in [-0.4, -0.2) is 25.9 Å². The van der Waals surface area contributed by atoms with Gasteiger partial charge in [0.1, 0.15) is 0 Å². The third kappa shape index (κ3) is 5.06. The minimum absolute atomic E-state index is 0.139. The van der Waals surface area contributed by atoms with E-state index in [0.717, 1.165) is 20.2 Å². The molecule has 0 spiro atoms. The molecular weight excluding hydrogens is 380 g/mol. The summed E-state index contributed by atoms with van der Waals surface area (Å²) in [5, 5.41) is 1.64. The Hall–Kier alpha value is -1.89. The van der Waals surface area contributed by atoms with Crippen LogP contribution in [0, 0.1) is 0 Å². The molecule has 0 aliphatic carbocycles. The highest BCUT2D eigenvalue weighted by molar-refractivity contribution is 7.94. The van der Waals surface area contributed by atoms with Gasteiger partial charge in [0, 0.05) is 20.2 Å². The molecule has 0 aliphatic rings. The molecule has 0 amide bonds. The van der Waals surface area contributed by atoms with E-state index in [0.29, 0.717) is 0 Å². The molecular formula is C13H10O8S3. The third-order valence-corrected chi connectivity index (χ3v) is 5.18. The number of hydrogen-bond acceptors (Lipinski definition) is 7. The fourth-order valence-electron chi connectivity index (χ4n) is 1.86. The van der Waals surface area contributed by atoms with Crippen LogP contribution in [0.2, 0.25) is 0 Å². The molecule has 3 aromatic rings. The van der Waals surface area contributed by atoms with Crippen LogP contribution in [0.1, 0.15) is 0 Å². The van der Waals surface area contributed by atoms with Gasteiger partial charge in [0.05, 0.1) is 0 Å². The molecule has 0 fully saturated rings. The second kappa shape index (κ2) is 6.93. The second-order valence-corrected chi connectivity index (χ2v) is 7.69. The van der Waals surface area contributed by atoms with Crippen LogP contribution < -0.4 is 5.43 Å². The monoisotopic (exact) mass is 390 g/mol. The van der Waals surface area contributed by atoms with Gasteiger partial charge in [-0.2, -0.15) is 16.8 Å². The fourth-order valence-corrected chi connectivity index (χ4v) is 3.80. The lowest BCUT2D eigenvalue weighted by atomic mass is 10.2. The van der Waals surface area contributed by atoms with Crippen LogP contribution in [0.25, 0.3) is 20.2 Å². The van der Waals surface area contributed by atoms with Crippen LogP contribution >= 0.6 is 11.3 Å². The quantitative estimate of drug-likeness (QED) is 0.501. The number of fused-ring (bicyclic) bond motifs is 2. The van der Waals surface area contributed by atoms with E-state index in [2.05, 4.69) is 3.63 Å². The van der Waals surface area contributed by atoms with Gasteiger partial charge in [-0.15, -0.1) is 15.0 Å². The zero-order valence-corrected chi connectivity index (χ0v) is 14.1. The molecule has 2 aromatic carbocycles. The van der Waals surface area contributed by atoms with Crippen LogP contribution in [0.3, 0.4) is 0 Å². The molecule has 1 heterocycles. The fraction of sp³-hybridized carbons (Fsp3) is 0. The zero-order chi connectivity index (χ0) is 18.0. The van der Waals surface area contributed by atoms with Crippen molar-refractivity contribution in [3.05, 3.63) is 58.8 Å². The first-order valence-corrected chi connectivity index (χ1v) is 9.68. The highest BCUT2D eigenvalue weighted by Crippen LogP contribution is 2.23. The largest absolute Gasteiger partial charge is 0.413 e. The highest BCUT2D eigenvalue weighted by atomic mass is 32.3. The molecule has 0 radical (unpaired) electrons. The maximum Gasteiger partial charge on any atom is 0.413 e. The Bertz CT molecular complexity index is 1060. The standard InChI is InChI=1S/C13H8OS.H2O7S2/c14-13-9-5-1-3-7-11(9)15-12-8-4-2-6-10(12)13;1-8(2,3)7-9(4,5)6/h1-8H;(H,1,2,3)(H,4,5,6). The van der Waals surface area contributed by atoms with E-state index in [1.807, 2.05) is 48.5 Å². The number of hydrogen-bond donors (Lipinski definition) is 2. The molecule has 11 heteroatoms. The first-order chi connectivity index (χ1) is 11.1. The smallest absolute Gasteiger partial charge is 0.289 e. The molecule has 0 saturated carbocycles. The van der Waals surface area contributed by atoms with Crippen LogP contribution in [-0.2, 0) is 24.4 Å². The summed E-state index contributed by atoms with van der Waals surface area (Å²) in [6, 6.07) is 15.5. The maximum atomic E-state index is 12.1. The molecule has 0 saturated heterocycles. The molecule has 2 N–H and O–H groups in total. The van der Waals surface area contributed by atoms with Crippen LogP contribution in [0.15, 0.2) is 53.3 Å². The molecule has 3 rings (SSSR count). The minimum atomic E-state index is -5.12. The SMILES string of the molecule is O=S(=O)(O)OS(=O)(=O)O.O=c1c2ccccc2sc2ccccc12. The number of rotatable bonds is 2. The van der Waals surface area contributed by atoms with E-state index in [9.17, 15) is 21.6 Å². The van der Waals surface area contributed by atoms with Gasteiger partial charge in [0.25, 0.3) is 0 Å². The normalized spacial score (nSPS) is 11.9. The van der Waals surface area contributed by atoms with Crippen molar-refractivity contribution in [1.82, 2.24) is 0 Å². The van der Waals surface area contributed by atoms with Gasteiger partial charge < -0.3 is 0 Å². The lowest BCUT2D eigenvalue weighted by Crippen LogP contribution is -2.10. The summed E-state index contributed by atoms with van der Waals surface area (Å²) in [5.74, 6) is 0. The van der Waals surface area contributed by atoms with E-state index < -0.39 is 20.8 Å². The van der Waals surface area contributed by atoms with Gasteiger partial charge in [0.15, 0.2) is 5.43 Å². The number of benzene rings is 2. The van der Waals surface area contributed by atoms with E-state index >= 15 is 0 Å². The zero-order valence-electron chi connectivity index (χ0n) is 11.7. The molecule has 1 aromatic heterocycles. The summed E-state index contributed by atoms with van der Waals surface area (Å²) in [7, 11) is -10.2. The Balaban J connectivity index is 0.000000202. The van der Waals surface area contributed by atoms with Crippen molar-refractivity contribution in [1.29, 1.82) is 0 Å². The van der Waals surface area contributed by atoms with Gasteiger partial charge in [0.2, 0.25) is 0 Å². The Morgan fingerprint density at radius 2 is 1.12 bits per heavy atom. The van der Waals surface area contributed by atoms with Crippen molar-refractivity contribution in [2.45, 2.75) is 0 Å². The first kappa shape index (κ1) is 18.4. The molecule has 8 nitrogen and oxygen atoms in total. The second-order valence-electron chi connectivity index (χ2n) is 4.35.